The second-order valence-corrected chi connectivity index (χ2v) is 6.82. The number of amides is 1. The van der Waals surface area contributed by atoms with Gasteiger partial charge in [0.05, 0.1) is 0 Å². The fraction of sp³-hybridized carbons (Fsp3) is 0.632. The van der Waals surface area contributed by atoms with Gasteiger partial charge in [0.25, 0.3) is 5.91 Å². The quantitative estimate of drug-likeness (QED) is 0.740. The topological polar surface area (TPSA) is 32.3 Å². The van der Waals surface area contributed by atoms with Gasteiger partial charge in [0.1, 0.15) is 0 Å². The lowest BCUT2D eigenvalue weighted by atomic mass is 9.87. The Morgan fingerprint density at radius 2 is 1.64 bits per heavy atom. The number of carbonyl (C=O) groups excluding carboxylic acids is 1. The molecule has 1 aromatic carbocycles. The molecule has 0 saturated carbocycles. The van der Waals surface area contributed by atoms with E-state index < -0.39 is 0 Å². The van der Waals surface area contributed by atoms with Crippen molar-refractivity contribution in [3.63, 3.8) is 0 Å². The predicted molar refractivity (Wildman–Crippen MR) is 94.5 cm³/mol. The highest BCUT2D eigenvalue weighted by molar-refractivity contribution is 5.94. The van der Waals surface area contributed by atoms with Crippen molar-refractivity contribution in [2.45, 2.75) is 52.9 Å². The van der Waals surface area contributed by atoms with Crippen molar-refractivity contribution >= 4 is 5.91 Å². The summed E-state index contributed by atoms with van der Waals surface area (Å²) in [5.74, 6) is 0.0308. The minimum absolute atomic E-state index is 0.0308. The van der Waals surface area contributed by atoms with Crippen LogP contribution in [0, 0.1) is 0 Å². The van der Waals surface area contributed by atoms with Crippen molar-refractivity contribution in [1.29, 1.82) is 0 Å². The van der Waals surface area contributed by atoms with Crippen molar-refractivity contribution in [2.24, 2.45) is 0 Å². The standard InChI is InChI=1S/C19H32N2O/c1-6-21(7-2)15-9-8-14-20-18(22)16-10-12-17(13-11-16)19(3,4)5/h10-13H,6-9,14-15H2,1-5H3,(H,20,22). The lowest BCUT2D eigenvalue weighted by Gasteiger charge is -2.19. The molecule has 1 amide bonds. The van der Waals surface area contributed by atoms with E-state index in [1.54, 1.807) is 0 Å². The summed E-state index contributed by atoms with van der Waals surface area (Å²) in [7, 11) is 0. The first-order chi connectivity index (χ1) is 10.4. The number of nitrogens with zero attached hydrogens (tertiary/aromatic N) is 1. The summed E-state index contributed by atoms with van der Waals surface area (Å²) in [5, 5.41) is 3.01. The van der Waals surface area contributed by atoms with E-state index in [-0.39, 0.29) is 11.3 Å². The summed E-state index contributed by atoms with van der Waals surface area (Å²) >= 11 is 0. The zero-order chi connectivity index (χ0) is 16.6. The molecule has 1 N–H and O–H groups in total. The molecular formula is C19H32N2O. The van der Waals surface area contributed by atoms with Crippen molar-refractivity contribution in [2.75, 3.05) is 26.2 Å². The van der Waals surface area contributed by atoms with Crippen LogP contribution in [0.3, 0.4) is 0 Å². The van der Waals surface area contributed by atoms with Gasteiger partial charge in [0.15, 0.2) is 0 Å². The first-order valence-corrected chi connectivity index (χ1v) is 8.49. The maximum atomic E-state index is 12.1. The SMILES string of the molecule is CCN(CC)CCCCNC(=O)c1ccc(C(C)(C)C)cc1. The molecule has 0 aromatic heterocycles. The number of rotatable bonds is 8. The van der Waals surface area contributed by atoms with Gasteiger partial charge in [-0.2, -0.15) is 0 Å². The molecule has 22 heavy (non-hydrogen) atoms. The second kappa shape index (κ2) is 8.94. The molecule has 1 aromatic rings. The van der Waals surface area contributed by atoms with Gasteiger partial charge >= 0.3 is 0 Å². The minimum atomic E-state index is 0.0308. The van der Waals surface area contributed by atoms with E-state index in [1.165, 1.54) is 5.56 Å². The maximum Gasteiger partial charge on any atom is 0.251 e. The molecule has 0 spiro atoms. The summed E-state index contributed by atoms with van der Waals surface area (Å²) in [4.78, 5) is 14.5. The van der Waals surface area contributed by atoms with Crippen LogP contribution in [-0.2, 0) is 5.41 Å². The summed E-state index contributed by atoms with van der Waals surface area (Å²) in [6, 6.07) is 7.95. The first-order valence-electron chi connectivity index (χ1n) is 8.49. The number of hydrogen-bond donors (Lipinski definition) is 1. The fourth-order valence-corrected chi connectivity index (χ4v) is 2.43. The van der Waals surface area contributed by atoms with Crippen LogP contribution in [0.5, 0.6) is 0 Å². The first kappa shape index (κ1) is 18.7. The van der Waals surface area contributed by atoms with Gasteiger partial charge in [-0.15, -0.1) is 0 Å². The van der Waals surface area contributed by atoms with Gasteiger partial charge in [0, 0.05) is 12.1 Å². The molecule has 3 heteroatoms. The van der Waals surface area contributed by atoms with E-state index in [2.05, 4.69) is 57.0 Å². The fourth-order valence-electron chi connectivity index (χ4n) is 2.43. The van der Waals surface area contributed by atoms with Gasteiger partial charge in [-0.05, 0) is 55.6 Å². The van der Waals surface area contributed by atoms with Crippen LogP contribution in [0.2, 0.25) is 0 Å². The summed E-state index contributed by atoms with van der Waals surface area (Å²) in [6.07, 6.45) is 2.16. The lowest BCUT2D eigenvalue weighted by molar-refractivity contribution is 0.0952. The van der Waals surface area contributed by atoms with E-state index in [0.717, 1.165) is 44.6 Å². The van der Waals surface area contributed by atoms with Crippen molar-refractivity contribution in [1.82, 2.24) is 10.2 Å². The monoisotopic (exact) mass is 304 g/mol. The summed E-state index contributed by atoms with van der Waals surface area (Å²) in [6.45, 7) is 15.0. The molecule has 0 heterocycles. The van der Waals surface area contributed by atoms with Crippen molar-refractivity contribution < 1.29 is 4.79 Å². The molecule has 0 bridgehead atoms. The van der Waals surface area contributed by atoms with E-state index in [4.69, 9.17) is 0 Å². The average Bonchev–Trinajstić information content (AvgIpc) is 2.50. The van der Waals surface area contributed by atoms with Crippen LogP contribution < -0.4 is 5.32 Å². The Kier molecular flexibility index (Phi) is 7.60. The molecule has 124 valence electrons. The molecule has 0 atom stereocenters. The summed E-state index contributed by atoms with van der Waals surface area (Å²) < 4.78 is 0. The molecule has 0 aliphatic carbocycles. The molecule has 0 unspecified atom stereocenters. The molecule has 0 aliphatic rings. The third kappa shape index (κ3) is 6.18. The maximum absolute atomic E-state index is 12.1. The molecular weight excluding hydrogens is 272 g/mol. The van der Waals surface area contributed by atoms with Crippen LogP contribution in [-0.4, -0.2) is 37.0 Å². The molecule has 0 aliphatic heterocycles. The number of nitrogens with one attached hydrogen (secondary N) is 1. The van der Waals surface area contributed by atoms with Gasteiger partial charge in [0.2, 0.25) is 0 Å². The van der Waals surface area contributed by atoms with Gasteiger partial charge in [-0.25, -0.2) is 0 Å². The molecule has 1 rings (SSSR count). The van der Waals surface area contributed by atoms with E-state index in [9.17, 15) is 4.79 Å². The molecule has 3 nitrogen and oxygen atoms in total. The Balaban J connectivity index is 2.34. The van der Waals surface area contributed by atoms with Crippen LogP contribution >= 0.6 is 0 Å². The van der Waals surface area contributed by atoms with E-state index in [0.29, 0.717) is 0 Å². The van der Waals surface area contributed by atoms with E-state index >= 15 is 0 Å². The highest BCUT2D eigenvalue weighted by atomic mass is 16.1. The van der Waals surface area contributed by atoms with E-state index in [1.807, 2.05) is 12.1 Å². The average molecular weight is 304 g/mol. The van der Waals surface area contributed by atoms with Crippen LogP contribution in [0.4, 0.5) is 0 Å². The smallest absolute Gasteiger partial charge is 0.251 e. The molecule has 0 saturated heterocycles. The number of unbranched alkanes of at least 4 members (excludes halogenated alkanes) is 1. The Morgan fingerprint density at radius 1 is 1.05 bits per heavy atom. The van der Waals surface area contributed by atoms with Crippen molar-refractivity contribution in [3.8, 4) is 0 Å². The van der Waals surface area contributed by atoms with Crippen LogP contribution in [0.25, 0.3) is 0 Å². The van der Waals surface area contributed by atoms with Crippen molar-refractivity contribution in [3.05, 3.63) is 35.4 Å². The number of benzene rings is 1. The lowest BCUT2D eigenvalue weighted by Crippen LogP contribution is -2.27. The molecule has 0 radical (unpaired) electrons. The minimum Gasteiger partial charge on any atom is -0.352 e. The van der Waals surface area contributed by atoms with Gasteiger partial charge in [-0.3, -0.25) is 4.79 Å². The predicted octanol–water partition coefficient (Wildman–Crippen LogP) is 3.84. The third-order valence-corrected chi connectivity index (χ3v) is 4.09. The third-order valence-electron chi connectivity index (χ3n) is 4.09. The Hall–Kier alpha value is -1.35. The van der Waals surface area contributed by atoms with Gasteiger partial charge < -0.3 is 10.2 Å². The van der Waals surface area contributed by atoms with Crippen LogP contribution in [0.1, 0.15) is 63.4 Å². The highest BCUT2D eigenvalue weighted by Crippen LogP contribution is 2.22. The largest absolute Gasteiger partial charge is 0.352 e. The zero-order valence-electron chi connectivity index (χ0n) is 14.9. The normalized spacial score (nSPS) is 11.7. The Morgan fingerprint density at radius 3 is 2.14 bits per heavy atom. The van der Waals surface area contributed by atoms with Gasteiger partial charge in [-0.1, -0.05) is 46.8 Å². The zero-order valence-corrected chi connectivity index (χ0v) is 14.9. The number of carbonyl (C=O) groups is 1. The number of hydrogen-bond acceptors (Lipinski definition) is 2. The summed E-state index contributed by atoms with van der Waals surface area (Å²) in [5.41, 5.74) is 2.12. The second-order valence-electron chi connectivity index (χ2n) is 6.82. The highest BCUT2D eigenvalue weighted by Gasteiger charge is 2.14. The molecule has 0 fully saturated rings. The Bertz CT molecular complexity index is 441. The van der Waals surface area contributed by atoms with Crippen LogP contribution in [0.15, 0.2) is 24.3 Å². The Labute approximate surface area is 136 Å².